The first-order valence-corrected chi connectivity index (χ1v) is 7.44. The van der Waals surface area contributed by atoms with Crippen LogP contribution in [0.3, 0.4) is 0 Å². The molecule has 0 spiro atoms. The maximum atomic E-state index is 11.8. The van der Waals surface area contributed by atoms with Crippen molar-refractivity contribution in [1.29, 1.82) is 0 Å². The van der Waals surface area contributed by atoms with E-state index in [-0.39, 0.29) is 12.3 Å². The Labute approximate surface area is 130 Å². The van der Waals surface area contributed by atoms with Gasteiger partial charge in [-0.25, -0.2) is 0 Å². The van der Waals surface area contributed by atoms with E-state index >= 15 is 0 Å². The molecule has 19 heavy (non-hydrogen) atoms. The van der Waals surface area contributed by atoms with E-state index in [1.165, 1.54) is 11.3 Å². The second-order valence-electron chi connectivity index (χ2n) is 3.91. The average Bonchev–Trinajstić information content (AvgIpc) is 2.77. The molecule has 0 atom stereocenters. The van der Waals surface area contributed by atoms with Crippen molar-refractivity contribution < 1.29 is 4.79 Å². The van der Waals surface area contributed by atoms with Crippen LogP contribution in [0.15, 0.2) is 30.3 Å². The lowest BCUT2D eigenvalue weighted by Gasteiger charge is -2.05. The minimum absolute atomic E-state index is 0.0667. The summed E-state index contributed by atoms with van der Waals surface area (Å²) in [5.41, 5.74) is 0.830. The Morgan fingerprint density at radius 3 is 2.53 bits per heavy atom. The minimum atomic E-state index is -0.0667. The SMILES string of the molecule is O=C(Cc1ccc(Cl)c(Cl)c1)NCc1ccc(Cl)s1. The van der Waals surface area contributed by atoms with Crippen molar-refractivity contribution in [1.82, 2.24) is 5.32 Å². The van der Waals surface area contributed by atoms with E-state index in [0.29, 0.717) is 20.9 Å². The van der Waals surface area contributed by atoms with Crippen LogP contribution in [0.2, 0.25) is 14.4 Å². The molecule has 0 radical (unpaired) electrons. The highest BCUT2D eigenvalue weighted by Crippen LogP contribution is 2.23. The predicted octanol–water partition coefficient (Wildman–Crippen LogP) is 4.57. The van der Waals surface area contributed by atoms with Crippen LogP contribution in [0.5, 0.6) is 0 Å². The van der Waals surface area contributed by atoms with E-state index in [2.05, 4.69) is 5.32 Å². The van der Waals surface area contributed by atoms with E-state index in [4.69, 9.17) is 34.8 Å². The fourth-order valence-corrected chi connectivity index (χ4v) is 2.88. The molecule has 0 unspecified atom stereocenters. The maximum Gasteiger partial charge on any atom is 0.224 e. The Balaban J connectivity index is 1.88. The van der Waals surface area contributed by atoms with Crippen molar-refractivity contribution in [2.24, 2.45) is 0 Å². The second-order valence-corrected chi connectivity index (χ2v) is 6.52. The molecule has 6 heteroatoms. The molecule has 2 aromatic rings. The first kappa shape index (κ1) is 14.7. The molecule has 0 aliphatic heterocycles. The topological polar surface area (TPSA) is 29.1 Å². The Morgan fingerprint density at radius 2 is 1.89 bits per heavy atom. The number of halogens is 3. The van der Waals surface area contributed by atoms with E-state index in [1.807, 2.05) is 12.1 Å². The summed E-state index contributed by atoms with van der Waals surface area (Å²) < 4.78 is 0.716. The van der Waals surface area contributed by atoms with Crippen LogP contribution in [-0.2, 0) is 17.8 Å². The molecule has 0 aliphatic carbocycles. The lowest BCUT2D eigenvalue weighted by molar-refractivity contribution is -0.120. The van der Waals surface area contributed by atoms with Crippen LogP contribution >= 0.6 is 46.1 Å². The number of thiophene rings is 1. The molecule has 1 heterocycles. The summed E-state index contributed by atoms with van der Waals surface area (Å²) in [5, 5.41) is 3.77. The zero-order valence-corrected chi connectivity index (χ0v) is 12.8. The van der Waals surface area contributed by atoms with Crippen LogP contribution in [0.25, 0.3) is 0 Å². The molecule has 2 rings (SSSR count). The van der Waals surface area contributed by atoms with E-state index in [9.17, 15) is 4.79 Å². The number of carbonyl (C=O) groups is 1. The molecule has 0 bridgehead atoms. The summed E-state index contributed by atoms with van der Waals surface area (Å²) in [6.07, 6.45) is 0.274. The molecule has 0 fully saturated rings. The summed E-state index contributed by atoms with van der Waals surface area (Å²) in [6.45, 7) is 0.484. The van der Waals surface area contributed by atoms with Crippen LogP contribution in [0, 0.1) is 0 Å². The summed E-state index contributed by atoms with van der Waals surface area (Å²) in [6, 6.07) is 8.88. The van der Waals surface area contributed by atoms with Gasteiger partial charge in [-0.15, -0.1) is 11.3 Å². The standard InChI is InChI=1S/C13H10Cl3NOS/c14-10-3-1-8(5-11(10)15)6-13(18)17-7-9-2-4-12(16)19-9/h1-5H,6-7H2,(H,17,18). The molecule has 2 nitrogen and oxygen atoms in total. The third kappa shape index (κ3) is 4.39. The summed E-state index contributed by atoms with van der Waals surface area (Å²) in [4.78, 5) is 12.8. The number of rotatable bonds is 4. The lowest BCUT2D eigenvalue weighted by atomic mass is 10.1. The van der Waals surface area contributed by atoms with Crippen molar-refractivity contribution >= 4 is 52.0 Å². The predicted molar refractivity (Wildman–Crippen MR) is 81.3 cm³/mol. The Bertz CT molecular complexity index is 597. The Morgan fingerprint density at radius 1 is 1.11 bits per heavy atom. The van der Waals surface area contributed by atoms with Crippen molar-refractivity contribution in [3.05, 3.63) is 55.2 Å². The molecule has 1 aromatic carbocycles. The monoisotopic (exact) mass is 333 g/mol. The number of amides is 1. The van der Waals surface area contributed by atoms with Gasteiger partial charge < -0.3 is 5.32 Å². The van der Waals surface area contributed by atoms with Gasteiger partial charge in [0.1, 0.15) is 0 Å². The Hall–Kier alpha value is -0.740. The summed E-state index contributed by atoms with van der Waals surface area (Å²) >= 11 is 19.0. The molecule has 0 saturated heterocycles. The highest BCUT2D eigenvalue weighted by molar-refractivity contribution is 7.16. The minimum Gasteiger partial charge on any atom is -0.351 e. The van der Waals surface area contributed by atoms with Crippen molar-refractivity contribution in [2.75, 3.05) is 0 Å². The quantitative estimate of drug-likeness (QED) is 0.872. The van der Waals surface area contributed by atoms with Gasteiger partial charge in [0.05, 0.1) is 27.3 Å². The normalized spacial score (nSPS) is 10.5. The Kier molecular flexibility index (Phi) is 5.11. The molecule has 1 aromatic heterocycles. The third-order valence-electron chi connectivity index (χ3n) is 2.44. The molecule has 0 aliphatic rings. The van der Waals surface area contributed by atoms with E-state index < -0.39 is 0 Å². The fraction of sp³-hybridized carbons (Fsp3) is 0.154. The molecular weight excluding hydrogens is 325 g/mol. The van der Waals surface area contributed by atoms with Crippen LogP contribution in [0.4, 0.5) is 0 Å². The zero-order chi connectivity index (χ0) is 13.8. The van der Waals surface area contributed by atoms with Crippen LogP contribution in [-0.4, -0.2) is 5.91 Å². The number of nitrogens with one attached hydrogen (secondary N) is 1. The van der Waals surface area contributed by atoms with Gasteiger partial charge in [0.15, 0.2) is 0 Å². The van der Waals surface area contributed by atoms with Crippen molar-refractivity contribution in [3.8, 4) is 0 Å². The smallest absolute Gasteiger partial charge is 0.224 e. The van der Waals surface area contributed by atoms with E-state index in [1.54, 1.807) is 18.2 Å². The average molecular weight is 335 g/mol. The molecule has 1 amide bonds. The highest BCUT2D eigenvalue weighted by Gasteiger charge is 2.06. The number of hydrogen-bond acceptors (Lipinski definition) is 2. The van der Waals surface area contributed by atoms with E-state index in [0.717, 1.165) is 10.4 Å². The molecule has 0 saturated carbocycles. The maximum absolute atomic E-state index is 11.8. The zero-order valence-electron chi connectivity index (χ0n) is 9.75. The highest BCUT2D eigenvalue weighted by atomic mass is 35.5. The first-order chi connectivity index (χ1) is 9.04. The number of hydrogen-bond donors (Lipinski definition) is 1. The third-order valence-corrected chi connectivity index (χ3v) is 4.41. The first-order valence-electron chi connectivity index (χ1n) is 5.49. The number of benzene rings is 1. The second kappa shape index (κ2) is 6.62. The lowest BCUT2D eigenvalue weighted by Crippen LogP contribution is -2.24. The van der Waals surface area contributed by atoms with Gasteiger partial charge in [-0.3, -0.25) is 4.79 Å². The number of carbonyl (C=O) groups excluding carboxylic acids is 1. The van der Waals surface area contributed by atoms with Crippen molar-refractivity contribution in [2.45, 2.75) is 13.0 Å². The fourth-order valence-electron chi connectivity index (χ4n) is 1.53. The molecule has 1 N–H and O–H groups in total. The van der Waals surface area contributed by atoms with Gasteiger partial charge >= 0.3 is 0 Å². The molecular formula is C13H10Cl3NOS. The van der Waals surface area contributed by atoms with Gasteiger partial charge in [0, 0.05) is 4.88 Å². The van der Waals surface area contributed by atoms with Crippen molar-refractivity contribution in [3.63, 3.8) is 0 Å². The van der Waals surface area contributed by atoms with Gasteiger partial charge in [0.25, 0.3) is 0 Å². The van der Waals surface area contributed by atoms with Gasteiger partial charge in [0.2, 0.25) is 5.91 Å². The van der Waals surface area contributed by atoms with Gasteiger partial charge in [-0.1, -0.05) is 40.9 Å². The van der Waals surface area contributed by atoms with Gasteiger partial charge in [-0.05, 0) is 29.8 Å². The summed E-state index contributed by atoms with van der Waals surface area (Å²) in [5.74, 6) is -0.0667. The molecule has 100 valence electrons. The van der Waals surface area contributed by atoms with Crippen LogP contribution in [0.1, 0.15) is 10.4 Å². The van der Waals surface area contributed by atoms with Gasteiger partial charge in [-0.2, -0.15) is 0 Å². The largest absolute Gasteiger partial charge is 0.351 e. The summed E-state index contributed by atoms with van der Waals surface area (Å²) in [7, 11) is 0. The van der Waals surface area contributed by atoms with Crippen LogP contribution < -0.4 is 5.32 Å².